The molecule has 0 saturated carbocycles. The van der Waals surface area contributed by atoms with E-state index in [2.05, 4.69) is 20.9 Å². The molecule has 1 heterocycles. The zero-order valence-corrected chi connectivity index (χ0v) is 11.5. The van der Waals surface area contributed by atoms with Crippen molar-refractivity contribution in [2.24, 2.45) is 0 Å². The predicted octanol–water partition coefficient (Wildman–Crippen LogP) is 4.99. The summed E-state index contributed by atoms with van der Waals surface area (Å²) in [6, 6.07) is 7.93. The number of nitrogens with one attached hydrogen (secondary N) is 1. The topological polar surface area (TPSA) is 39.6 Å². The molecule has 0 aliphatic carbocycles. The zero-order valence-electron chi connectivity index (χ0n) is 9.15. The van der Waals surface area contributed by atoms with Crippen molar-refractivity contribution in [2.75, 3.05) is 0 Å². The van der Waals surface area contributed by atoms with Gasteiger partial charge in [-0.3, -0.25) is 0 Å². The largest absolute Gasteiger partial charge is 0.432 e. The van der Waals surface area contributed by atoms with Gasteiger partial charge in [-0.2, -0.15) is 18.4 Å². The van der Waals surface area contributed by atoms with Crippen LogP contribution in [0.1, 0.15) is 11.3 Å². The molecule has 0 aliphatic rings. The molecule has 0 saturated heterocycles. The van der Waals surface area contributed by atoms with Gasteiger partial charge in [-0.15, -0.1) is 0 Å². The van der Waals surface area contributed by atoms with E-state index in [1.165, 1.54) is 0 Å². The van der Waals surface area contributed by atoms with Crippen molar-refractivity contribution in [1.29, 1.82) is 5.26 Å². The normalized spacial score (nSPS) is 11.4. The minimum absolute atomic E-state index is 0.0883. The van der Waals surface area contributed by atoms with Gasteiger partial charge < -0.3 is 4.98 Å². The number of hydrogen-bond donors (Lipinski definition) is 1. The van der Waals surface area contributed by atoms with Gasteiger partial charge in [0.15, 0.2) is 0 Å². The molecule has 0 spiro atoms. The van der Waals surface area contributed by atoms with Crippen LogP contribution >= 0.6 is 27.5 Å². The molecule has 0 unspecified atom stereocenters. The summed E-state index contributed by atoms with van der Waals surface area (Å²) < 4.78 is 38.0. The summed E-state index contributed by atoms with van der Waals surface area (Å²) in [6.07, 6.45) is -4.56. The van der Waals surface area contributed by atoms with Gasteiger partial charge >= 0.3 is 6.18 Å². The lowest BCUT2D eigenvalue weighted by Gasteiger charge is -2.03. The van der Waals surface area contributed by atoms with E-state index >= 15 is 0 Å². The molecule has 0 aliphatic heterocycles. The van der Waals surface area contributed by atoms with Crippen LogP contribution in [0.15, 0.2) is 28.7 Å². The van der Waals surface area contributed by atoms with Crippen molar-refractivity contribution >= 4 is 27.5 Å². The second-order valence-corrected chi connectivity index (χ2v) is 4.91. The molecule has 1 aromatic carbocycles. The fraction of sp³-hybridized carbons (Fsp3) is 0.0833. The van der Waals surface area contributed by atoms with Crippen LogP contribution in [0, 0.1) is 11.3 Å². The summed E-state index contributed by atoms with van der Waals surface area (Å²) in [5.74, 6) is 0. The Morgan fingerprint density at radius 3 is 2.26 bits per heavy atom. The van der Waals surface area contributed by atoms with E-state index in [0.29, 0.717) is 10.6 Å². The molecule has 19 heavy (non-hydrogen) atoms. The average Bonchev–Trinajstić information content (AvgIpc) is 2.67. The average molecular weight is 350 g/mol. The van der Waals surface area contributed by atoms with Crippen LogP contribution < -0.4 is 0 Å². The summed E-state index contributed by atoms with van der Waals surface area (Å²) in [7, 11) is 0. The van der Waals surface area contributed by atoms with E-state index < -0.39 is 11.9 Å². The number of hydrogen-bond acceptors (Lipinski definition) is 1. The first-order chi connectivity index (χ1) is 8.84. The Kier molecular flexibility index (Phi) is 3.61. The van der Waals surface area contributed by atoms with Crippen molar-refractivity contribution in [3.05, 3.63) is 45.0 Å². The standard InChI is InChI=1S/C12H5BrClF3N2/c13-9-8(5-18)10(19-11(9)12(15,16)17)6-1-3-7(14)4-2-6/h1-4,19H. The SMILES string of the molecule is N#Cc1c(-c2ccc(Cl)cc2)[nH]c(C(F)(F)F)c1Br. The predicted molar refractivity (Wildman–Crippen MR) is 68.7 cm³/mol. The number of aromatic nitrogens is 1. The molecule has 0 bridgehead atoms. The number of benzene rings is 1. The van der Waals surface area contributed by atoms with E-state index in [9.17, 15) is 13.2 Å². The van der Waals surface area contributed by atoms with Crippen molar-refractivity contribution in [3.63, 3.8) is 0 Å². The third-order valence-corrected chi connectivity index (χ3v) is 3.51. The monoisotopic (exact) mass is 348 g/mol. The van der Waals surface area contributed by atoms with Crippen LogP contribution in [-0.2, 0) is 6.18 Å². The smallest absolute Gasteiger partial charge is 0.349 e. The van der Waals surface area contributed by atoms with Crippen LogP contribution in [0.5, 0.6) is 0 Å². The van der Waals surface area contributed by atoms with E-state index in [0.717, 1.165) is 0 Å². The van der Waals surface area contributed by atoms with Crippen molar-refractivity contribution in [2.45, 2.75) is 6.18 Å². The van der Waals surface area contributed by atoms with E-state index in [4.69, 9.17) is 16.9 Å². The number of aromatic amines is 1. The Hall–Kier alpha value is -1.45. The molecule has 98 valence electrons. The summed E-state index contributed by atoms with van der Waals surface area (Å²) in [6.45, 7) is 0. The first-order valence-electron chi connectivity index (χ1n) is 4.99. The molecule has 1 aromatic heterocycles. The molecule has 0 amide bonds. The van der Waals surface area contributed by atoms with Crippen molar-refractivity contribution in [3.8, 4) is 17.3 Å². The third kappa shape index (κ3) is 2.62. The Labute approximate surface area is 119 Å². The van der Waals surface area contributed by atoms with Crippen LogP contribution in [0.4, 0.5) is 13.2 Å². The molecule has 1 N–H and O–H groups in total. The maximum atomic E-state index is 12.8. The number of alkyl halides is 3. The lowest BCUT2D eigenvalue weighted by Crippen LogP contribution is -2.06. The van der Waals surface area contributed by atoms with Gasteiger partial charge in [0.25, 0.3) is 0 Å². The fourth-order valence-electron chi connectivity index (χ4n) is 1.61. The molecule has 0 fully saturated rings. The van der Waals surface area contributed by atoms with E-state index in [-0.39, 0.29) is 15.7 Å². The van der Waals surface area contributed by atoms with Crippen LogP contribution in [-0.4, -0.2) is 4.98 Å². The van der Waals surface area contributed by atoms with Gasteiger partial charge in [0.2, 0.25) is 0 Å². The van der Waals surface area contributed by atoms with Gasteiger partial charge in [0.05, 0.1) is 15.7 Å². The third-order valence-electron chi connectivity index (χ3n) is 2.47. The van der Waals surface area contributed by atoms with Gasteiger partial charge in [-0.25, -0.2) is 0 Å². The van der Waals surface area contributed by atoms with Crippen molar-refractivity contribution in [1.82, 2.24) is 4.98 Å². The number of H-pyrrole nitrogens is 1. The summed E-state index contributed by atoms with van der Waals surface area (Å²) in [4.78, 5) is 2.24. The highest BCUT2D eigenvalue weighted by Gasteiger charge is 2.37. The lowest BCUT2D eigenvalue weighted by atomic mass is 10.1. The minimum atomic E-state index is -4.56. The highest BCUT2D eigenvalue weighted by atomic mass is 79.9. The molecule has 7 heteroatoms. The minimum Gasteiger partial charge on any atom is -0.349 e. The first-order valence-corrected chi connectivity index (χ1v) is 6.16. The Balaban J connectivity index is 2.65. The molecule has 0 radical (unpaired) electrons. The Morgan fingerprint density at radius 2 is 1.79 bits per heavy atom. The fourth-order valence-corrected chi connectivity index (χ4v) is 2.35. The lowest BCUT2D eigenvalue weighted by molar-refractivity contribution is -0.141. The second-order valence-electron chi connectivity index (χ2n) is 3.68. The van der Waals surface area contributed by atoms with E-state index in [1.54, 1.807) is 30.3 Å². The number of nitrogens with zero attached hydrogens (tertiary/aromatic N) is 1. The van der Waals surface area contributed by atoms with Crippen LogP contribution in [0.25, 0.3) is 11.3 Å². The zero-order chi connectivity index (χ0) is 14.2. The highest BCUT2D eigenvalue weighted by Crippen LogP contribution is 2.40. The molecular weight excluding hydrogens is 344 g/mol. The van der Waals surface area contributed by atoms with E-state index in [1.807, 2.05) is 0 Å². The van der Waals surface area contributed by atoms with Gasteiger partial charge in [0.1, 0.15) is 11.8 Å². The maximum Gasteiger partial charge on any atom is 0.432 e. The second kappa shape index (κ2) is 4.91. The number of rotatable bonds is 1. The molecule has 2 aromatic rings. The highest BCUT2D eigenvalue weighted by molar-refractivity contribution is 9.10. The maximum absolute atomic E-state index is 12.8. The van der Waals surface area contributed by atoms with Gasteiger partial charge in [-0.05, 0) is 33.6 Å². The first kappa shape index (κ1) is 14.0. The molecule has 2 nitrogen and oxygen atoms in total. The van der Waals surface area contributed by atoms with Gasteiger partial charge in [0, 0.05) is 5.02 Å². The Morgan fingerprint density at radius 1 is 1.21 bits per heavy atom. The summed E-state index contributed by atoms with van der Waals surface area (Å²) >= 11 is 8.53. The quantitative estimate of drug-likeness (QED) is 0.774. The van der Waals surface area contributed by atoms with Crippen molar-refractivity contribution < 1.29 is 13.2 Å². The van der Waals surface area contributed by atoms with Crippen LogP contribution in [0.3, 0.4) is 0 Å². The summed E-state index contributed by atoms with van der Waals surface area (Å²) in [5, 5.41) is 9.46. The van der Waals surface area contributed by atoms with Crippen LogP contribution in [0.2, 0.25) is 5.02 Å². The summed E-state index contributed by atoms with van der Waals surface area (Å²) in [5.41, 5.74) is -0.501. The molecular formula is C12H5BrClF3N2. The van der Waals surface area contributed by atoms with Gasteiger partial charge in [-0.1, -0.05) is 23.7 Å². The Bertz CT molecular complexity index is 653. The number of halogens is 5. The molecule has 0 atom stereocenters. The number of nitriles is 1. The molecule has 2 rings (SSSR count).